The molecule has 8 heteroatoms. The van der Waals surface area contributed by atoms with Crippen molar-refractivity contribution in [2.75, 3.05) is 5.75 Å². The summed E-state index contributed by atoms with van der Waals surface area (Å²) in [7, 11) is 0. The number of nitrogens with zero attached hydrogens (tertiary/aromatic N) is 2. The second-order valence-electron chi connectivity index (χ2n) is 6.09. The van der Waals surface area contributed by atoms with E-state index in [0.29, 0.717) is 12.0 Å². The zero-order valence-corrected chi connectivity index (χ0v) is 15.9. The van der Waals surface area contributed by atoms with Gasteiger partial charge in [-0.05, 0) is 43.2 Å². The molecule has 0 unspecified atom stereocenters. The van der Waals surface area contributed by atoms with E-state index in [1.807, 2.05) is 30.3 Å². The summed E-state index contributed by atoms with van der Waals surface area (Å²) in [5, 5.41) is 10.7. The maximum absolute atomic E-state index is 13.0. The Morgan fingerprint density at radius 2 is 1.82 bits per heavy atom. The van der Waals surface area contributed by atoms with Crippen molar-refractivity contribution in [1.29, 1.82) is 0 Å². The van der Waals surface area contributed by atoms with Crippen LogP contribution in [0.25, 0.3) is 11.5 Å². The number of nitrogens with one attached hydrogen (secondary N) is 1. The number of amides is 1. The molecule has 144 valence electrons. The summed E-state index contributed by atoms with van der Waals surface area (Å²) >= 11 is 1.07. The lowest BCUT2D eigenvalue weighted by Gasteiger charge is -2.15. The number of carbonyl (C=O) groups excluding carboxylic acids is 2. The van der Waals surface area contributed by atoms with Gasteiger partial charge in [-0.2, -0.15) is 0 Å². The molecule has 3 aromatic rings. The maximum atomic E-state index is 13.0. The van der Waals surface area contributed by atoms with Crippen LogP contribution in [0.3, 0.4) is 0 Å². The Balaban J connectivity index is 1.54. The summed E-state index contributed by atoms with van der Waals surface area (Å²) in [6.07, 6.45) is 0.432. The molecule has 3 rings (SSSR count). The van der Waals surface area contributed by atoms with Crippen LogP contribution in [0.5, 0.6) is 0 Å². The van der Waals surface area contributed by atoms with Crippen molar-refractivity contribution >= 4 is 23.5 Å². The molecule has 1 heterocycles. The van der Waals surface area contributed by atoms with Crippen LogP contribution in [0.1, 0.15) is 12.5 Å². The molecule has 6 nitrogen and oxygen atoms in total. The molecule has 0 saturated heterocycles. The predicted molar refractivity (Wildman–Crippen MR) is 103 cm³/mol. The number of carbonyl (C=O) groups is 2. The van der Waals surface area contributed by atoms with Gasteiger partial charge in [0.05, 0.1) is 11.8 Å². The Labute approximate surface area is 165 Å². The van der Waals surface area contributed by atoms with Crippen LogP contribution in [-0.4, -0.2) is 33.7 Å². The molecule has 1 N–H and O–H groups in total. The minimum absolute atomic E-state index is 0.0314. The Morgan fingerprint density at radius 3 is 2.50 bits per heavy atom. The van der Waals surface area contributed by atoms with E-state index in [1.165, 1.54) is 31.2 Å². The Morgan fingerprint density at radius 1 is 1.11 bits per heavy atom. The van der Waals surface area contributed by atoms with Crippen molar-refractivity contribution in [2.45, 2.75) is 24.6 Å². The highest BCUT2D eigenvalue weighted by Gasteiger charge is 2.18. The third kappa shape index (κ3) is 5.50. The zero-order chi connectivity index (χ0) is 19.9. The van der Waals surface area contributed by atoms with E-state index in [4.69, 9.17) is 4.42 Å². The van der Waals surface area contributed by atoms with E-state index < -0.39 is 6.04 Å². The second-order valence-corrected chi connectivity index (χ2v) is 7.02. The topological polar surface area (TPSA) is 85.1 Å². The number of thioether (sulfide) groups is 1. The third-order valence-corrected chi connectivity index (χ3v) is 4.75. The van der Waals surface area contributed by atoms with Gasteiger partial charge in [0.2, 0.25) is 11.8 Å². The molecule has 0 spiro atoms. The number of Topliss-reactive ketones (excluding diaryl/α,β-unsaturated/α-hetero) is 1. The molecule has 0 bridgehead atoms. The predicted octanol–water partition coefficient (Wildman–Crippen LogP) is 3.28. The first kappa shape index (κ1) is 19.8. The lowest BCUT2D eigenvalue weighted by Crippen LogP contribution is -2.42. The van der Waals surface area contributed by atoms with Crippen molar-refractivity contribution in [3.63, 3.8) is 0 Å². The van der Waals surface area contributed by atoms with Gasteiger partial charge in [0.1, 0.15) is 5.82 Å². The minimum atomic E-state index is -0.590. The molecule has 0 aliphatic carbocycles. The Bertz CT molecular complexity index is 945. The van der Waals surface area contributed by atoms with Crippen molar-refractivity contribution in [3.8, 4) is 11.5 Å². The fourth-order valence-corrected chi connectivity index (χ4v) is 3.06. The largest absolute Gasteiger partial charge is 0.411 e. The summed E-state index contributed by atoms with van der Waals surface area (Å²) in [5.41, 5.74) is 1.56. The van der Waals surface area contributed by atoms with E-state index in [0.717, 1.165) is 17.3 Å². The van der Waals surface area contributed by atoms with Crippen molar-refractivity contribution in [1.82, 2.24) is 15.5 Å². The van der Waals surface area contributed by atoms with E-state index in [2.05, 4.69) is 15.5 Å². The Hall–Kier alpha value is -3.00. The monoisotopic (exact) mass is 399 g/mol. The number of rotatable bonds is 8. The van der Waals surface area contributed by atoms with Gasteiger partial charge in [0, 0.05) is 5.56 Å². The number of hydrogen-bond acceptors (Lipinski definition) is 6. The molecule has 0 saturated carbocycles. The van der Waals surface area contributed by atoms with Crippen molar-refractivity contribution in [3.05, 3.63) is 66.0 Å². The van der Waals surface area contributed by atoms with Gasteiger partial charge in [-0.15, -0.1) is 10.2 Å². The summed E-state index contributed by atoms with van der Waals surface area (Å²) in [5.74, 6) is -0.496. The number of halogens is 1. The normalized spacial score (nSPS) is 11.8. The Kier molecular flexibility index (Phi) is 6.54. The standard InChI is InChI=1S/C20H18FN3O3S/c1-13(25)17(11-14-5-3-2-4-6-14)22-18(26)12-28-20-24-23-19(27-20)15-7-9-16(21)10-8-15/h2-10,17H,11-12H2,1H3,(H,22,26)/t17-/m0/s1. The van der Waals surface area contributed by atoms with Gasteiger partial charge in [-0.25, -0.2) is 4.39 Å². The molecule has 0 aliphatic rings. The molecule has 1 atom stereocenters. The van der Waals surface area contributed by atoms with E-state index in [-0.39, 0.29) is 34.4 Å². The molecule has 1 amide bonds. The van der Waals surface area contributed by atoms with Crippen LogP contribution < -0.4 is 5.32 Å². The average Bonchev–Trinajstić information content (AvgIpc) is 3.16. The fraction of sp³-hybridized carbons (Fsp3) is 0.200. The van der Waals surface area contributed by atoms with E-state index in [1.54, 1.807) is 0 Å². The molecule has 28 heavy (non-hydrogen) atoms. The lowest BCUT2D eigenvalue weighted by molar-refractivity contribution is -0.125. The smallest absolute Gasteiger partial charge is 0.277 e. The highest BCUT2D eigenvalue weighted by atomic mass is 32.2. The van der Waals surface area contributed by atoms with Gasteiger partial charge in [0.15, 0.2) is 5.78 Å². The second kappa shape index (κ2) is 9.27. The molecular weight excluding hydrogens is 381 g/mol. The molecule has 0 fully saturated rings. The summed E-state index contributed by atoms with van der Waals surface area (Å²) in [6, 6.07) is 14.6. The van der Waals surface area contributed by atoms with Crippen LogP contribution in [0.4, 0.5) is 4.39 Å². The third-order valence-electron chi connectivity index (χ3n) is 3.93. The van der Waals surface area contributed by atoms with Gasteiger partial charge in [-0.1, -0.05) is 42.1 Å². The number of aromatic nitrogens is 2. The van der Waals surface area contributed by atoms with E-state index in [9.17, 15) is 14.0 Å². The number of ketones is 1. The first-order valence-electron chi connectivity index (χ1n) is 8.57. The highest BCUT2D eigenvalue weighted by molar-refractivity contribution is 7.99. The minimum Gasteiger partial charge on any atom is -0.411 e. The van der Waals surface area contributed by atoms with Gasteiger partial charge < -0.3 is 9.73 Å². The van der Waals surface area contributed by atoms with Gasteiger partial charge in [-0.3, -0.25) is 9.59 Å². The maximum Gasteiger partial charge on any atom is 0.277 e. The lowest BCUT2D eigenvalue weighted by atomic mass is 10.0. The molecule has 1 aromatic heterocycles. The molecule has 0 aliphatic heterocycles. The summed E-state index contributed by atoms with van der Waals surface area (Å²) in [6.45, 7) is 1.45. The quantitative estimate of drug-likeness (QED) is 0.585. The average molecular weight is 399 g/mol. The molecular formula is C20H18FN3O3S. The summed E-state index contributed by atoms with van der Waals surface area (Å²) < 4.78 is 18.5. The highest BCUT2D eigenvalue weighted by Crippen LogP contribution is 2.23. The SMILES string of the molecule is CC(=O)[C@H](Cc1ccccc1)NC(=O)CSc1nnc(-c2ccc(F)cc2)o1. The number of hydrogen-bond donors (Lipinski definition) is 1. The van der Waals surface area contributed by atoms with Crippen LogP contribution in [0.2, 0.25) is 0 Å². The molecule has 2 aromatic carbocycles. The van der Waals surface area contributed by atoms with Gasteiger partial charge >= 0.3 is 0 Å². The molecule has 0 radical (unpaired) electrons. The fourth-order valence-electron chi connectivity index (χ4n) is 2.49. The zero-order valence-electron chi connectivity index (χ0n) is 15.1. The number of benzene rings is 2. The van der Waals surface area contributed by atoms with Gasteiger partial charge in [0.25, 0.3) is 5.22 Å². The van der Waals surface area contributed by atoms with Crippen molar-refractivity contribution < 1.29 is 18.4 Å². The first-order valence-corrected chi connectivity index (χ1v) is 9.56. The summed E-state index contributed by atoms with van der Waals surface area (Å²) in [4.78, 5) is 24.1. The van der Waals surface area contributed by atoms with Crippen LogP contribution in [0, 0.1) is 5.82 Å². The van der Waals surface area contributed by atoms with Crippen LogP contribution >= 0.6 is 11.8 Å². The van der Waals surface area contributed by atoms with Crippen molar-refractivity contribution in [2.24, 2.45) is 0 Å². The first-order chi connectivity index (χ1) is 13.5. The van der Waals surface area contributed by atoms with E-state index >= 15 is 0 Å². The van der Waals surface area contributed by atoms with Crippen LogP contribution in [0.15, 0.2) is 64.2 Å². The van der Waals surface area contributed by atoms with Crippen LogP contribution in [-0.2, 0) is 16.0 Å².